The maximum absolute atomic E-state index is 10.5. The summed E-state index contributed by atoms with van der Waals surface area (Å²) in [6.07, 6.45) is 0.929. The van der Waals surface area contributed by atoms with Gasteiger partial charge < -0.3 is 15.6 Å². The molecule has 0 radical (unpaired) electrons. The minimum absolute atomic E-state index is 0.364. The second kappa shape index (κ2) is 9.51. The molecule has 0 spiro atoms. The first-order valence-corrected chi connectivity index (χ1v) is 5.29. The van der Waals surface area contributed by atoms with Gasteiger partial charge in [0.05, 0.1) is 6.61 Å². The van der Waals surface area contributed by atoms with E-state index in [1.54, 1.807) is 0 Å². The van der Waals surface area contributed by atoms with E-state index >= 15 is 0 Å². The minimum Gasteiger partial charge on any atom is -0.330 e. The molecule has 0 aromatic rings. The van der Waals surface area contributed by atoms with Crippen LogP contribution in [0.25, 0.3) is 0 Å². The van der Waals surface area contributed by atoms with E-state index < -0.39 is 8.25 Å². The standard InChI is InChI=1S/C5H15N2O3PS/c6-2-1-3-7-4-5-9-11(8)10-12/h7,11-12H,1-6H2. The molecular weight excluding hydrogens is 199 g/mol. The van der Waals surface area contributed by atoms with Crippen LogP contribution in [0.15, 0.2) is 0 Å². The lowest BCUT2D eigenvalue weighted by Crippen LogP contribution is -2.21. The van der Waals surface area contributed by atoms with Crippen molar-refractivity contribution in [1.82, 2.24) is 5.32 Å². The molecule has 0 amide bonds. The van der Waals surface area contributed by atoms with E-state index in [4.69, 9.17) is 10.3 Å². The molecule has 0 bridgehead atoms. The van der Waals surface area contributed by atoms with Gasteiger partial charge in [0, 0.05) is 6.54 Å². The van der Waals surface area contributed by atoms with Crippen LogP contribution in [-0.2, 0) is 13.1 Å². The summed E-state index contributed by atoms with van der Waals surface area (Å²) in [4.78, 5) is 0. The maximum Gasteiger partial charge on any atom is 0.329 e. The predicted molar refractivity (Wildman–Crippen MR) is 51.6 cm³/mol. The van der Waals surface area contributed by atoms with Gasteiger partial charge in [-0.3, -0.25) is 4.57 Å². The first kappa shape index (κ1) is 12.4. The number of rotatable bonds is 8. The summed E-state index contributed by atoms with van der Waals surface area (Å²) in [5, 5.41) is 3.06. The molecule has 12 heavy (non-hydrogen) atoms. The molecule has 0 saturated carbocycles. The lowest BCUT2D eigenvalue weighted by molar-refractivity contribution is 0.293. The van der Waals surface area contributed by atoms with Crippen molar-refractivity contribution >= 4 is 21.2 Å². The molecule has 0 aromatic heterocycles. The molecule has 0 aliphatic rings. The van der Waals surface area contributed by atoms with Crippen molar-refractivity contribution < 1.29 is 13.1 Å². The van der Waals surface area contributed by atoms with Crippen molar-refractivity contribution in [2.24, 2.45) is 5.73 Å². The molecule has 74 valence electrons. The number of nitrogens with one attached hydrogen (secondary N) is 1. The van der Waals surface area contributed by atoms with Crippen LogP contribution in [0.1, 0.15) is 6.42 Å². The highest BCUT2D eigenvalue weighted by atomic mass is 32.1. The highest BCUT2D eigenvalue weighted by molar-refractivity contribution is 7.79. The van der Waals surface area contributed by atoms with E-state index in [9.17, 15) is 4.57 Å². The Morgan fingerprint density at radius 2 is 2.25 bits per heavy atom. The predicted octanol–water partition coefficient (Wildman–Crippen LogP) is 0.193. The Hall–Kier alpha value is 0.420. The first-order chi connectivity index (χ1) is 5.81. The minimum atomic E-state index is -2.37. The van der Waals surface area contributed by atoms with Crippen molar-refractivity contribution in [1.29, 1.82) is 0 Å². The Morgan fingerprint density at radius 1 is 1.50 bits per heavy atom. The summed E-state index contributed by atoms with van der Waals surface area (Å²) in [7, 11) is -2.37. The third kappa shape index (κ3) is 8.52. The van der Waals surface area contributed by atoms with Crippen LogP contribution in [0.2, 0.25) is 0 Å². The smallest absolute Gasteiger partial charge is 0.329 e. The SMILES string of the molecule is NCCCNCCO[PH](=O)OS. The molecule has 3 N–H and O–H groups in total. The molecule has 0 fully saturated rings. The van der Waals surface area contributed by atoms with Gasteiger partial charge in [-0.2, -0.15) is 0 Å². The zero-order valence-corrected chi connectivity index (χ0v) is 8.68. The van der Waals surface area contributed by atoms with Crippen molar-refractivity contribution in [2.75, 3.05) is 26.2 Å². The van der Waals surface area contributed by atoms with Crippen LogP contribution in [0, 0.1) is 0 Å². The van der Waals surface area contributed by atoms with Crippen molar-refractivity contribution in [2.45, 2.75) is 6.42 Å². The molecule has 7 heteroatoms. The summed E-state index contributed by atoms with van der Waals surface area (Å²) >= 11 is 3.34. The number of thiol groups is 1. The van der Waals surface area contributed by atoms with E-state index in [-0.39, 0.29) is 0 Å². The Morgan fingerprint density at radius 3 is 2.83 bits per heavy atom. The zero-order chi connectivity index (χ0) is 9.23. The average Bonchev–Trinajstić information content (AvgIpc) is 2.10. The summed E-state index contributed by atoms with van der Waals surface area (Å²) in [5.41, 5.74) is 5.27. The second-order valence-corrected chi connectivity index (χ2v) is 3.60. The normalized spacial score (nSPS) is 13.2. The Kier molecular flexibility index (Phi) is 9.84. The van der Waals surface area contributed by atoms with Gasteiger partial charge >= 0.3 is 8.25 Å². The van der Waals surface area contributed by atoms with E-state index in [0.717, 1.165) is 13.0 Å². The summed E-state index contributed by atoms with van der Waals surface area (Å²) < 4.78 is 19.4. The molecule has 5 nitrogen and oxygen atoms in total. The molecular formula is C5H15N2O3PS. The van der Waals surface area contributed by atoms with Gasteiger partial charge in [0.25, 0.3) is 0 Å². The molecule has 0 aromatic carbocycles. The fourth-order valence-corrected chi connectivity index (χ4v) is 1.06. The summed E-state index contributed by atoms with van der Waals surface area (Å²) in [6.45, 7) is 2.53. The summed E-state index contributed by atoms with van der Waals surface area (Å²) in [6, 6.07) is 0. The fourth-order valence-electron chi connectivity index (χ4n) is 0.585. The third-order valence-electron chi connectivity index (χ3n) is 1.13. The van der Waals surface area contributed by atoms with Gasteiger partial charge in [-0.15, -0.1) is 0 Å². The molecule has 0 aliphatic heterocycles. The van der Waals surface area contributed by atoms with Crippen LogP contribution >= 0.6 is 21.2 Å². The number of hydrogen-bond acceptors (Lipinski definition) is 6. The van der Waals surface area contributed by atoms with Crippen LogP contribution in [0.4, 0.5) is 0 Å². The molecule has 0 rings (SSSR count). The number of hydrogen-bond donors (Lipinski definition) is 3. The van der Waals surface area contributed by atoms with E-state index in [2.05, 4.69) is 22.2 Å². The van der Waals surface area contributed by atoms with Gasteiger partial charge in [0.15, 0.2) is 0 Å². The topological polar surface area (TPSA) is 73.6 Å². The summed E-state index contributed by atoms with van der Waals surface area (Å²) in [5.74, 6) is 0. The van der Waals surface area contributed by atoms with Gasteiger partial charge in [0.1, 0.15) is 0 Å². The van der Waals surface area contributed by atoms with Crippen molar-refractivity contribution in [3.8, 4) is 0 Å². The van der Waals surface area contributed by atoms with E-state index in [0.29, 0.717) is 19.7 Å². The second-order valence-electron chi connectivity index (χ2n) is 2.08. The van der Waals surface area contributed by atoms with Gasteiger partial charge in [-0.25, -0.2) is 3.97 Å². The largest absolute Gasteiger partial charge is 0.330 e. The zero-order valence-electron chi connectivity index (χ0n) is 6.78. The van der Waals surface area contributed by atoms with Crippen LogP contribution < -0.4 is 11.1 Å². The highest BCUT2D eigenvalue weighted by Gasteiger charge is 1.94. The molecule has 0 heterocycles. The Labute approximate surface area is 78.6 Å². The lowest BCUT2D eigenvalue weighted by atomic mass is 10.4. The quantitative estimate of drug-likeness (QED) is 0.233. The molecule has 0 aliphatic carbocycles. The molecule has 1 atom stereocenters. The van der Waals surface area contributed by atoms with E-state index in [1.165, 1.54) is 0 Å². The van der Waals surface area contributed by atoms with Crippen molar-refractivity contribution in [3.63, 3.8) is 0 Å². The first-order valence-electron chi connectivity index (χ1n) is 3.70. The Balaban J connectivity index is 2.95. The van der Waals surface area contributed by atoms with Gasteiger partial charge in [0.2, 0.25) is 0 Å². The number of nitrogens with two attached hydrogens (primary N) is 1. The third-order valence-corrected chi connectivity index (χ3v) is 2.17. The molecule has 1 unspecified atom stereocenters. The molecule has 0 saturated heterocycles. The van der Waals surface area contributed by atoms with E-state index in [1.807, 2.05) is 0 Å². The maximum atomic E-state index is 10.5. The average molecular weight is 214 g/mol. The van der Waals surface area contributed by atoms with Crippen LogP contribution in [-0.4, -0.2) is 26.2 Å². The fraction of sp³-hybridized carbons (Fsp3) is 1.00. The van der Waals surface area contributed by atoms with Gasteiger partial charge in [-0.05, 0) is 32.4 Å². The van der Waals surface area contributed by atoms with Crippen molar-refractivity contribution in [3.05, 3.63) is 0 Å². The monoisotopic (exact) mass is 214 g/mol. The van der Waals surface area contributed by atoms with Gasteiger partial charge in [-0.1, -0.05) is 0 Å². The lowest BCUT2D eigenvalue weighted by Gasteiger charge is -2.03. The van der Waals surface area contributed by atoms with Crippen LogP contribution in [0.3, 0.4) is 0 Å². The Bertz CT molecular complexity index is 127. The highest BCUT2D eigenvalue weighted by Crippen LogP contribution is 2.24. The van der Waals surface area contributed by atoms with Crippen LogP contribution in [0.5, 0.6) is 0 Å².